The van der Waals surface area contributed by atoms with E-state index < -0.39 is 6.10 Å². The maximum absolute atomic E-state index is 8.93. The third-order valence-corrected chi connectivity index (χ3v) is 2.59. The molecule has 0 amide bonds. The number of rotatable bonds is 7. The van der Waals surface area contributed by atoms with E-state index in [2.05, 4.69) is 18.3 Å². The molecule has 0 fully saturated rings. The van der Waals surface area contributed by atoms with Crippen LogP contribution >= 0.6 is 0 Å². The van der Waals surface area contributed by atoms with E-state index in [1.807, 2.05) is 25.1 Å². The molecule has 4 nitrogen and oxygen atoms in total. The van der Waals surface area contributed by atoms with Gasteiger partial charge in [-0.1, -0.05) is 19.9 Å². The van der Waals surface area contributed by atoms with Gasteiger partial charge in [-0.2, -0.15) is 5.26 Å². The first-order valence-corrected chi connectivity index (χ1v) is 6.19. The van der Waals surface area contributed by atoms with Crippen LogP contribution in [0.15, 0.2) is 18.2 Å². The number of nitriles is 1. The Morgan fingerprint density at radius 1 is 1.33 bits per heavy atom. The van der Waals surface area contributed by atoms with Crippen molar-refractivity contribution in [3.05, 3.63) is 23.8 Å². The van der Waals surface area contributed by atoms with Crippen molar-refractivity contribution in [3.63, 3.8) is 0 Å². The van der Waals surface area contributed by atoms with Crippen LogP contribution in [0.3, 0.4) is 0 Å². The van der Waals surface area contributed by atoms with Crippen molar-refractivity contribution in [2.24, 2.45) is 0 Å². The Morgan fingerprint density at radius 2 is 2.11 bits per heavy atom. The van der Waals surface area contributed by atoms with E-state index in [-0.39, 0.29) is 0 Å². The molecule has 0 bridgehead atoms. The van der Waals surface area contributed by atoms with E-state index in [1.165, 1.54) is 0 Å². The summed E-state index contributed by atoms with van der Waals surface area (Å²) in [6, 6.07) is 7.89. The van der Waals surface area contributed by atoms with Crippen LogP contribution in [-0.2, 0) is 6.54 Å². The highest BCUT2D eigenvalue weighted by atomic mass is 16.5. The topological polar surface area (TPSA) is 54.3 Å². The molecule has 1 N–H and O–H groups in total. The molecule has 0 saturated heterocycles. The van der Waals surface area contributed by atoms with Gasteiger partial charge in [0.2, 0.25) is 0 Å². The highest BCUT2D eigenvalue weighted by Crippen LogP contribution is 2.29. The van der Waals surface area contributed by atoms with Crippen molar-refractivity contribution in [1.82, 2.24) is 5.32 Å². The molecule has 1 unspecified atom stereocenters. The van der Waals surface area contributed by atoms with Crippen molar-refractivity contribution in [2.45, 2.75) is 32.9 Å². The van der Waals surface area contributed by atoms with Crippen LogP contribution in [0.5, 0.6) is 11.5 Å². The minimum Gasteiger partial charge on any atom is -0.493 e. The van der Waals surface area contributed by atoms with Crippen molar-refractivity contribution in [2.75, 3.05) is 13.7 Å². The summed E-state index contributed by atoms with van der Waals surface area (Å²) in [6.07, 6.45) is 0.213. The molecule has 0 radical (unpaired) electrons. The molecular weight excluding hydrogens is 228 g/mol. The fourth-order valence-electron chi connectivity index (χ4n) is 1.55. The largest absolute Gasteiger partial charge is 0.493 e. The van der Waals surface area contributed by atoms with E-state index in [9.17, 15) is 0 Å². The van der Waals surface area contributed by atoms with Crippen LogP contribution in [-0.4, -0.2) is 19.8 Å². The maximum atomic E-state index is 8.93. The third kappa shape index (κ3) is 3.94. The molecule has 18 heavy (non-hydrogen) atoms. The van der Waals surface area contributed by atoms with Gasteiger partial charge in [0.05, 0.1) is 7.11 Å². The van der Waals surface area contributed by atoms with Crippen LogP contribution in [0.4, 0.5) is 0 Å². The predicted octanol–water partition coefficient (Wildman–Crippen LogP) is 2.49. The normalized spacial score (nSPS) is 11.7. The monoisotopic (exact) mass is 248 g/mol. The Hall–Kier alpha value is -1.73. The number of hydrogen-bond acceptors (Lipinski definition) is 4. The number of nitrogens with one attached hydrogen (secondary N) is 1. The molecule has 1 rings (SSSR count). The first kappa shape index (κ1) is 14.3. The molecular formula is C14H20N2O2. The van der Waals surface area contributed by atoms with Crippen LogP contribution in [0, 0.1) is 11.3 Å². The SMILES string of the molecule is CCNCc1ccc(OC)c(OC(C#N)CC)c1. The molecule has 0 aromatic heterocycles. The van der Waals surface area contributed by atoms with E-state index >= 15 is 0 Å². The van der Waals surface area contributed by atoms with Gasteiger partial charge in [-0.3, -0.25) is 0 Å². The Balaban J connectivity index is 2.88. The molecule has 0 saturated carbocycles. The number of benzene rings is 1. The maximum Gasteiger partial charge on any atom is 0.184 e. The average Bonchev–Trinajstić information content (AvgIpc) is 2.42. The van der Waals surface area contributed by atoms with Gasteiger partial charge in [0.1, 0.15) is 6.07 Å². The zero-order chi connectivity index (χ0) is 13.4. The van der Waals surface area contributed by atoms with Crippen molar-refractivity contribution in [3.8, 4) is 17.6 Å². The molecule has 1 aromatic carbocycles. The Morgan fingerprint density at radius 3 is 2.67 bits per heavy atom. The molecule has 0 aliphatic heterocycles. The summed E-state index contributed by atoms with van der Waals surface area (Å²) in [7, 11) is 1.60. The number of nitrogens with zero attached hydrogens (tertiary/aromatic N) is 1. The van der Waals surface area contributed by atoms with Crippen LogP contribution < -0.4 is 14.8 Å². The van der Waals surface area contributed by atoms with Gasteiger partial charge in [-0.25, -0.2) is 0 Å². The van der Waals surface area contributed by atoms with Gasteiger partial charge in [-0.05, 0) is 30.7 Å². The summed E-state index contributed by atoms with van der Waals surface area (Å²) in [6.45, 7) is 5.67. The van der Waals surface area contributed by atoms with Crippen molar-refractivity contribution in [1.29, 1.82) is 5.26 Å². The van der Waals surface area contributed by atoms with Gasteiger partial charge in [0.25, 0.3) is 0 Å². The van der Waals surface area contributed by atoms with E-state index in [0.717, 1.165) is 18.7 Å². The van der Waals surface area contributed by atoms with Crippen LogP contribution in [0.1, 0.15) is 25.8 Å². The smallest absolute Gasteiger partial charge is 0.184 e. The van der Waals surface area contributed by atoms with E-state index in [1.54, 1.807) is 7.11 Å². The van der Waals surface area contributed by atoms with Gasteiger partial charge < -0.3 is 14.8 Å². The zero-order valence-electron chi connectivity index (χ0n) is 11.2. The summed E-state index contributed by atoms with van der Waals surface area (Å²) < 4.78 is 10.9. The van der Waals surface area contributed by atoms with Crippen LogP contribution in [0.2, 0.25) is 0 Å². The molecule has 4 heteroatoms. The lowest BCUT2D eigenvalue weighted by Crippen LogP contribution is -2.14. The fourth-order valence-corrected chi connectivity index (χ4v) is 1.55. The predicted molar refractivity (Wildman–Crippen MR) is 70.7 cm³/mol. The number of hydrogen-bond donors (Lipinski definition) is 1. The highest BCUT2D eigenvalue weighted by Gasteiger charge is 2.11. The lowest BCUT2D eigenvalue weighted by Gasteiger charge is -2.15. The zero-order valence-corrected chi connectivity index (χ0v) is 11.2. The minimum atomic E-state index is -0.437. The summed E-state index contributed by atoms with van der Waals surface area (Å²) in [5.74, 6) is 1.28. The van der Waals surface area contributed by atoms with Gasteiger partial charge in [0, 0.05) is 6.54 Å². The second kappa shape index (κ2) is 7.57. The second-order valence-electron chi connectivity index (χ2n) is 3.91. The second-order valence-corrected chi connectivity index (χ2v) is 3.91. The summed E-state index contributed by atoms with van der Waals surface area (Å²) in [5.41, 5.74) is 1.11. The van der Waals surface area contributed by atoms with Gasteiger partial charge in [0.15, 0.2) is 17.6 Å². The number of methoxy groups -OCH3 is 1. The first-order chi connectivity index (χ1) is 8.74. The lowest BCUT2D eigenvalue weighted by atomic mass is 10.2. The molecule has 0 heterocycles. The molecule has 0 spiro atoms. The van der Waals surface area contributed by atoms with E-state index in [4.69, 9.17) is 14.7 Å². The lowest BCUT2D eigenvalue weighted by molar-refractivity contribution is 0.238. The molecule has 98 valence electrons. The summed E-state index contributed by atoms with van der Waals surface area (Å²) >= 11 is 0. The molecule has 0 aliphatic rings. The first-order valence-electron chi connectivity index (χ1n) is 6.19. The Labute approximate surface area is 109 Å². The van der Waals surface area contributed by atoms with Gasteiger partial charge >= 0.3 is 0 Å². The average molecular weight is 248 g/mol. The summed E-state index contributed by atoms with van der Waals surface area (Å²) in [4.78, 5) is 0. The fraction of sp³-hybridized carbons (Fsp3) is 0.500. The van der Waals surface area contributed by atoms with E-state index in [0.29, 0.717) is 17.9 Å². The third-order valence-electron chi connectivity index (χ3n) is 2.59. The molecule has 0 aliphatic carbocycles. The number of ether oxygens (including phenoxy) is 2. The van der Waals surface area contributed by atoms with Gasteiger partial charge in [-0.15, -0.1) is 0 Å². The summed E-state index contributed by atoms with van der Waals surface area (Å²) in [5, 5.41) is 12.2. The standard InChI is InChI=1S/C14H20N2O2/c1-4-12(9-15)18-14-8-11(10-16-5-2)6-7-13(14)17-3/h6-8,12,16H,4-5,10H2,1-3H3. The van der Waals surface area contributed by atoms with Crippen molar-refractivity contribution >= 4 is 0 Å². The highest BCUT2D eigenvalue weighted by molar-refractivity contribution is 5.43. The van der Waals surface area contributed by atoms with Crippen LogP contribution in [0.25, 0.3) is 0 Å². The Kier molecular flexibility index (Phi) is 6.03. The quantitative estimate of drug-likeness (QED) is 0.805. The molecule has 1 aromatic rings. The van der Waals surface area contributed by atoms with Crippen molar-refractivity contribution < 1.29 is 9.47 Å². The minimum absolute atomic E-state index is 0.437. The molecule has 1 atom stereocenters. The Bertz CT molecular complexity index is 413.